The minimum atomic E-state index is -0.0890. The molecule has 1 aromatic rings. The number of amides is 2. The van der Waals surface area contributed by atoms with Crippen molar-refractivity contribution in [3.63, 3.8) is 0 Å². The molecule has 4 aliphatic carbocycles. The van der Waals surface area contributed by atoms with Crippen LogP contribution in [-0.2, 0) is 4.79 Å². The zero-order valence-corrected chi connectivity index (χ0v) is 17.2. The number of carbonyl (C=O) groups excluding carboxylic acids is 2. The first-order valence-corrected chi connectivity index (χ1v) is 11.1. The zero-order chi connectivity index (χ0) is 18.6. The molecule has 1 aliphatic heterocycles. The van der Waals surface area contributed by atoms with Gasteiger partial charge in [-0.2, -0.15) is 0 Å². The van der Waals surface area contributed by atoms with E-state index in [0.29, 0.717) is 47.9 Å². The van der Waals surface area contributed by atoms with Crippen molar-refractivity contribution in [2.24, 2.45) is 23.2 Å². The first-order valence-electron chi connectivity index (χ1n) is 10.3. The molecule has 6 heteroatoms. The summed E-state index contributed by atoms with van der Waals surface area (Å²) in [5.74, 6) is 3.22. The molecule has 5 aliphatic rings. The normalized spacial score (nSPS) is 34.9. The fourth-order valence-corrected chi connectivity index (χ4v) is 6.99. The van der Waals surface area contributed by atoms with Crippen LogP contribution in [0.1, 0.15) is 55.5 Å². The summed E-state index contributed by atoms with van der Waals surface area (Å²) in [6.45, 7) is 2.45. The predicted molar refractivity (Wildman–Crippen MR) is 104 cm³/mol. The maximum Gasteiger partial charge on any atom is 0.289 e. The smallest absolute Gasteiger partial charge is 0.289 e. The SMILES string of the molecule is O=C(CC12CC3CC(CC(C3)C1)C2)N1CCN(C(=O)c2ccc(Br)o2)CC1. The molecule has 4 bridgehead atoms. The van der Waals surface area contributed by atoms with Crippen molar-refractivity contribution in [1.82, 2.24) is 9.80 Å². The van der Waals surface area contributed by atoms with E-state index in [2.05, 4.69) is 15.9 Å². The molecule has 2 heterocycles. The number of furan rings is 1. The first kappa shape index (κ1) is 17.8. The average Bonchev–Trinajstić information content (AvgIpc) is 3.06. The van der Waals surface area contributed by atoms with Gasteiger partial charge in [-0.3, -0.25) is 9.59 Å². The van der Waals surface area contributed by atoms with Crippen LogP contribution in [-0.4, -0.2) is 47.8 Å². The van der Waals surface area contributed by atoms with E-state index in [1.54, 1.807) is 17.0 Å². The van der Waals surface area contributed by atoms with Crippen molar-refractivity contribution in [1.29, 1.82) is 0 Å². The number of rotatable bonds is 3. The van der Waals surface area contributed by atoms with Gasteiger partial charge in [0.05, 0.1) is 0 Å². The Kier molecular flexibility index (Phi) is 4.37. The molecule has 6 rings (SSSR count). The fraction of sp³-hybridized carbons (Fsp3) is 0.714. The van der Waals surface area contributed by atoms with Crippen LogP contribution in [0.4, 0.5) is 0 Å². The van der Waals surface area contributed by atoms with E-state index in [-0.39, 0.29) is 5.91 Å². The van der Waals surface area contributed by atoms with Crippen LogP contribution in [0.25, 0.3) is 0 Å². The number of halogens is 1. The van der Waals surface area contributed by atoms with Crippen LogP contribution in [0, 0.1) is 23.2 Å². The third-order valence-corrected chi connectivity index (χ3v) is 7.82. The summed E-state index contributed by atoms with van der Waals surface area (Å²) in [4.78, 5) is 29.3. The van der Waals surface area contributed by atoms with E-state index in [4.69, 9.17) is 4.42 Å². The lowest BCUT2D eigenvalue weighted by Gasteiger charge is -2.57. The van der Waals surface area contributed by atoms with Crippen molar-refractivity contribution in [2.45, 2.75) is 44.9 Å². The highest BCUT2D eigenvalue weighted by Crippen LogP contribution is 2.61. The maximum atomic E-state index is 13.0. The lowest BCUT2D eigenvalue weighted by Crippen LogP contribution is -2.53. The Labute approximate surface area is 168 Å². The molecule has 4 saturated carbocycles. The predicted octanol–water partition coefficient (Wildman–Crippen LogP) is 3.93. The van der Waals surface area contributed by atoms with E-state index in [1.807, 2.05) is 4.90 Å². The number of carbonyl (C=O) groups is 2. The molecule has 0 aromatic carbocycles. The number of piperazine rings is 1. The molecule has 0 spiro atoms. The van der Waals surface area contributed by atoms with Gasteiger partial charge in [0.1, 0.15) is 0 Å². The molecule has 27 heavy (non-hydrogen) atoms. The Morgan fingerprint density at radius 2 is 1.52 bits per heavy atom. The lowest BCUT2D eigenvalue weighted by atomic mass is 9.49. The molecule has 1 saturated heterocycles. The van der Waals surface area contributed by atoms with Crippen LogP contribution >= 0.6 is 15.9 Å². The first-order chi connectivity index (χ1) is 13.0. The van der Waals surface area contributed by atoms with Crippen molar-refractivity contribution >= 4 is 27.7 Å². The molecule has 0 N–H and O–H groups in total. The van der Waals surface area contributed by atoms with Gasteiger partial charge in [-0.1, -0.05) is 0 Å². The van der Waals surface area contributed by atoms with Gasteiger partial charge in [0.25, 0.3) is 5.91 Å². The molecule has 5 fully saturated rings. The summed E-state index contributed by atoms with van der Waals surface area (Å²) in [6, 6.07) is 3.43. The Morgan fingerprint density at radius 3 is 2.04 bits per heavy atom. The van der Waals surface area contributed by atoms with Gasteiger partial charge in [0.2, 0.25) is 5.91 Å². The summed E-state index contributed by atoms with van der Waals surface area (Å²) in [7, 11) is 0. The number of nitrogens with zero attached hydrogens (tertiary/aromatic N) is 2. The van der Waals surface area contributed by atoms with Gasteiger partial charge in [-0.25, -0.2) is 0 Å². The second-order valence-electron chi connectivity index (χ2n) is 9.37. The molecule has 0 atom stereocenters. The third kappa shape index (κ3) is 3.34. The minimum absolute atomic E-state index is 0.0890. The maximum absolute atomic E-state index is 13.0. The molecule has 5 nitrogen and oxygen atoms in total. The Balaban J connectivity index is 1.18. The van der Waals surface area contributed by atoms with Crippen LogP contribution in [0.2, 0.25) is 0 Å². The summed E-state index contributed by atoms with van der Waals surface area (Å²) >= 11 is 3.24. The Hall–Kier alpha value is -1.30. The number of hydrogen-bond acceptors (Lipinski definition) is 3. The van der Waals surface area contributed by atoms with Crippen molar-refractivity contribution in [3.05, 3.63) is 22.6 Å². The molecule has 1 aromatic heterocycles. The lowest BCUT2D eigenvalue weighted by molar-refractivity contribution is -0.141. The van der Waals surface area contributed by atoms with Gasteiger partial charge in [-0.05, 0) is 89.8 Å². The van der Waals surface area contributed by atoms with Crippen LogP contribution in [0.3, 0.4) is 0 Å². The van der Waals surface area contributed by atoms with Crippen LogP contribution in [0.5, 0.6) is 0 Å². The molecule has 146 valence electrons. The quantitative estimate of drug-likeness (QED) is 0.723. The van der Waals surface area contributed by atoms with Crippen molar-refractivity contribution in [3.8, 4) is 0 Å². The highest BCUT2D eigenvalue weighted by molar-refractivity contribution is 9.10. The van der Waals surface area contributed by atoms with E-state index < -0.39 is 0 Å². The second kappa shape index (κ2) is 6.64. The molecular formula is C21H27BrN2O3. The van der Waals surface area contributed by atoms with E-state index in [9.17, 15) is 9.59 Å². The summed E-state index contributed by atoms with van der Waals surface area (Å²) in [5, 5.41) is 0. The Bertz CT molecular complexity index is 715. The van der Waals surface area contributed by atoms with E-state index in [0.717, 1.165) is 24.2 Å². The van der Waals surface area contributed by atoms with Crippen LogP contribution < -0.4 is 0 Å². The van der Waals surface area contributed by atoms with Crippen LogP contribution in [0.15, 0.2) is 21.2 Å². The molecule has 0 unspecified atom stereocenters. The monoisotopic (exact) mass is 434 g/mol. The molecule has 2 amide bonds. The zero-order valence-electron chi connectivity index (χ0n) is 15.7. The summed E-state index contributed by atoms with van der Waals surface area (Å²) < 4.78 is 5.94. The minimum Gasteiger partial charge on any atom is -0.444 e. The third-order valence-electron chi connectivity index (χ3n) is 7.39. The van der Waals surface area contributed by atoms with Crippen molar-refractivity contribution in [2.75, 3.05) is 26.2 Å². The van der Waals surface area contributed by atoms with Gasteiger partial charge in [-0.15, -0.1) is 0 Å². The molecule has 0 radical (unpaired) electrons. The highest BCUT2D eigenvalue weighted by Gasteiger charge is 2.51. The highest BCUT2D eigenvalue weighted by atomic mass is 79.9. The standard InChI is InChI=1S/C21H27BrN2O3/c22-18-2-1-17(27-18)20(26)24-5-3-23(4-6-24)19(25)13-21-10-14-7-15(11-21)9-16(8-14)12-21/h1-2,14-16H,3-13H2. The number of hydrogen-bond donors (Lipinski definition) is 0. The average molecular weight is 435 g/mol. The van der Waals surface area contributed by atoms with E-state index >= 15 is 0 Å². The van der Waals surface area contributed by atoms with Gasteiger partial charge >= 0.3 is 0 Å². The fourth-order valence-electron chi connectivity index (χ4n) is 6.68. The van der Waals surface area contributed by atoms with Gasteiger partial charge < -0.3 is 14.2 Å². The largest absolute Gasteiger partial charge is 0.444 e. The Morgan fingerprint density at radius 1 is 0.963 bits per heavy atom. The summed E-state index contributed by atoms with van der Waals surface area (Å²) in [5.41, 5.74) is 0.291. The summed E-state index contributed by atoms with van der Waals surface area (Å²) in [6.07, 6.45) is 8.80. The van der Waals surface area contributed by atoms with Gasteiger partial charge in [0, 0.05) is 32.6 Å². The van der Waals surface area contributed by atoms with E-state index in [1.165, 1.54) is 38.5 Å². The topological polar surface area (TPSA) is 53.8 Å². The second-order valence-corrected chi connectivity index (χ2v) is 10.2. The molecular weight excluding hydrogens is 408 g/mol. The van der Waals surface area contributed by atoms with Crippen molar-refractivity contribution < 1.29 is 14.0 Å². The van der Waals surface area contributed by atoms with Gasteiger partial charge in [0.15, 0.2) is 10.4 Å².